The number of anilines is 2. The fourth-order valence-corrected chi connectivity index (χ4v) is 2.16. The lowest BCUT2D eigenvalue weighted by Crippen LogP contribution is -2.01. The highest BCUT2D eigenvalue weighted by Crippen LogP contribution is 2.28. The van der Waals surface area contributed by atoms with Gasteiger partial charge in [0.15, 0.2) is 5.82 Å². The van der Waals surface area contributed by atoms with E-state index in [-0.39, 0.29) is 5.56 Å². The van der Waals surface area contributed by atoms with Crippen molar-refractivity contribution >= 4 is 17.6 Å². The van der Waals surface area contributed by atoms with Crippen LogP contribution in [0.3, 0.4) is 0 Å². The van der Waals surface area contributed by atoms with E-state index in [2.05, 4.69) is 20.5 Å². The number of rotatable bonds is 5. The van der Waals surface area contributed by atoms with Gasteiger partial charge in [0, 0.05) is 24.9 Å². The molecule has 0 aliphatic heterocycles. The van der Waals surface area contributed by atoms with Crippen LogP contribution in [0.25, 0.3) is 0 Å². The number of ether oxygens (including phenoxy) is 1. The highest BCUT2D eigenvalue weighted by molar-refractivity contribution is 5.90. The van der Waals surface area contributed by atoms with E-state index >= 15 is 0 Å². The molecule has 122 valence electrons. The molecule has 0 unspecified atom stereocenters. The molecule has 0 radical (unpaired) electrons. The molecule has 1 aromatic carbocycles. The number of carbonyl (C=O) groups is 1. The van der Waals surface area contributed by atoms with Gasteiger partial charge in [0.05, 0.1) is 11.8 Å². The minimum atomic E-state index is -0.988. The van der Waals surface area contributed by atoms with Crippen molar-refractivity contribution in [3.63, 3.8) is 0 Å². The number of nitrogens with one attached hydrogen (secondary N) is 1. The fourth-order valence-electron chi connectivity index (χ4n) is 2.16. The number of hydrogen-bond acceptors (Lipinski definition) is 6. The van der Waals surface area contributed by atoms with Gasteiger partial charge in [-0.15, -0.1) is 5.10 Å². The molecular weight excluding hydrogens is 310 g/mol. The van der Waals surface area contributed by atoms with Crippen LogP contribution >= 0.6 is 0 Å². The maximum atomic E-state index is 11.2. The quantitative estimate of drug-likeness (QED) is 0.743. The summed E-state index contributed by atoms with van der Waals surface area (Å²) in [6, 6.07) is 8.29. The van der Waals surface area contributed by atoms with Gasteiger partial charge < -0.3 is 15.2 Å². The topological polar surface area (TPSA) is 102 Å². The maximum absolute atomic E-state index is 11.2. The van der Waals surface area contributed by atoms with E-state index in [4.69, 9.17) is 4.74 Å². The van der Waals surface area contributed by atoms with E-state index in [9.17, 15) is 9.90 Å². The molecule has 0 spiro atoms. The molecule has 0 amide bonds. The van der Waals surface area contributed by atoms with Gasteiger partial charge in [-0.25, -0.2) is 9.78 Å². The number of aromatic carboxylic acids is 1. The molecular formula is C16H15N5O3. The summed E-state index contributed by atoms with van der Waals surface area (Å²) in [5.41, 5.74) is 0.768. The first-order chi connectivity index (χ1) is 11.5. The molecule has 24 heavy (non-hydrogen) atoms. The number of carboxylic acid groups (broad SMARTS) is 1. The molecule has 8 nitrogen and oxygen atoms in total. The van der Waals surface area contributed by atoms with E-state index in [0.717, 1.165) is 0 Å². The second-order valence-electron chi connectivity index (χ2n) is 5.06. The predicted molar refractivity (Wildman–Crippen MR) is 86.7 cm³/mol. The number of pyridine rings is 1. The van der Waals surface area contributed by atoms with Crippen molar-refractivity contribution in [1.29, 1.82) is 0 Å². The highest BCUT2D eigenvalue weighted by Gasteiger charge is 2.12. The Labute approximate surface area is 137 Å². The summed E-state index contributed by atoms with van der Waals surface area (Å²) in [5, 5.41) is 20.3. The van der Waals surface area contributed by atoms with Crippen molar-refractivity contribution in [3.8, 4) is 11.5 Å². The molecule has 0 aliphatic rings. The molecule has 2 heterocycles. The van der Waals surface area contributed by atoms with Crippen LogP contribution in [0.2, 0.25) is 0 Å². The van der Waals surface area contributed by atoms with Crippen molar-refractivity contribution < 1.29 is 14.6 Å². The van der Waals surface area contributed by atoms with Gasteiger partial charge in [-0.2, -0.15) is 9.90 Å². The molecule has 0 atom stereocenters. The van der Waals surface area contributed by atoms with Gasteiger partial charge in [0.1, 0.15) is 17.3 Å². The lowest BCUT2D eigenvalue weighted by Gasteiger charge is -2.11. The lowest BCUT2D eigenvalue weighted by molar-refractivity contribution is 0.0695. The maximum Gasteiger partial charge on any atom is 0.336 e. The second kappa shape index (κ2) is 6.37. The highest BCUT2D eigenvalue weighted by atomic mass is 16.5. The lowest BCUT2D eigenvalue weighted by atomic mass is 10.1. The summed E-state index contributed by atoms with van der Waals surface area (Å²) < 4.78 is 5.80. The third-order valence-electron chi connectivity index (χ3n) is 3.33. The smallest absolute Gasteiger partial charge is 0.336 e. The predicted octanol–water partition coefficient (Wildman–Crippen LogP) is 2.75. The van der Waals surface area contributed by atoms with Gasteiger partial charge >= 0.3 is 5.97 Å². The average molecular weight is 325 g/mol. The van der Waals surface area contributed by atoms with E-state index in [0.29, 0.717) is 28.7 Å². The summed E-state index contributed by atoms with van der Waals surface area (Å²) in [5.74, 6) is 1.12. The molecule has 0 saturated carbocycles. The fraction of sp³-hybridized carbons (Fsp3) is 0.125. The van der Waals surface area contributed by atoms with Gasteiger partial charge in [-0.3, -0.25) is 0 Å². The molecule has 0 bridgehead atoms. The normalized spacial score (nSPS) is 10.4. The number of benzene rings is 1. The first-order valence-electron chi connectivity index (χ1n) is 7.13. The van der Waals surface area contributed by atoms with Crippen molar-refractivity contribution in [2.75, 3.05) is 5.32 Å². The van der Waals surface area contributed by atoms with Crippen LogP contribution in [0.1, 0.15) is 15.9 Å². The summed E-state index contributed by atoms with van der Waals surface area (Å²) in [6.07, 6.45) is 3.17. The van der Waals surface area contributed by atoms with Gasteiger partial charge in [-0.1, -0.05) is 6.07 Å². The molecule has 3 rings (SSSR count). The molecule has 0 fully saturated rings. The van der Waals surface area contributed by atoms with E-state index < -0.39 is 5.97 Å². The Hall–Kier alpha value is -3.42. The first kappa shape index (κ1) is 15.5. The van der Waals surface area contributed by atoms with E-state index in [1.54, 1.807) is 50.6 Å². The minimum absolute atomic E-state index is 0.208. The third kappa shape index (κ3) is 3.32. The van der Waals surface area contributed by atoms with Gasteiger partial charge in [0.25, 0.3) is 0 Å². The zero-order chi connectivity index (χ0) is 17.1. The Kier molecular flexibility index (Phi) is 4.11. The summed E-state index contributed by atoms with van der Waals surface area (Å²) >= 11 is 0. The molecule has 0 saturated heterocycles. The first-order valence-corrected chi connectivity index (χ1v) is 7.13. The molecule has 3 aromatic rings. The zero-order valence-corrected chi connectivity index (χ0v) is 13.1. The molecule has 8 heteroatoms. The van der Waals surface area contributed by atoms with Crippen molar-refractivity contribution in [3.05, 3.63) is 53.9 Å². The molecule has 2 N–H and O–H groups in total. The average Bonchev–Trinajstić information content (AvgIpc) is 2.94. The van der Waals surface area contributed by atoms with Crippen LogP contribution < -0.4 is 10.1 Å². The van der Waals surface area contributed by atoms with Crippen LogP contribution in [0.5, 0.6) is 11.5 Å². The molecule has 0 aliphatic carbocycles. The van der Waals surface area contributed by atoms with Crippen LogP contribution in [0.15, 0.2) is 42.7 Å². The van der Waals surface area contributed by atoms with E-state index in [1.807, 2.05) is 0 Å². The van der Waals surface area contributed by atoms with Crippen molar-refractivity contribution in [2.45, 2.75) is 6.92 Å². The van der Waals surface area contributed by atoms with Crippen LogP contribution in [0.4, 0.5) is 11.6 Å². The number of hydrogen-bond donors (Lipinski definition) is 2. The summed E-state index contributed by atoms with van der Waals surface area (Å²) in [4.78, 5) is 16.8. The van der Waals surface area contributed by atoms with Crippen LogP contribution in [-0.4, -0.2) is 31.1 Å². The zero-order valence-electron chi connectivity index (χ0n) is 13.1. The number of carboxylic acids is 1. The van der Waals surface area contributed by atoms with Crippen LogP contribution in [-0.2, 0) is 7.05 Å². The van der Waals surface area contributed by atoms with E-state index in [1.165, 1.54) is 10.9 Å². The summed E-state index contributed by atoms with van der Waals surface area (Å²) in [7, 11) is 1.72. The van der Waals surface area contributed by atoms with Crippen LogP contribution in [0, 0.1) is 6.92 Å². The number of aryl methyl sites for hydroxylation is 1. The second-order valence-corrected chi connectivity index (χ2v) is 5.06. The Bertz CT molecular complexity index is 891. The Balaban J connectivity index is 1.82. The largest absolute Gasteiger partial charge is 0.478 e. The Morgan fingerprint density at radius 2 is 2.12 bits per heavy atom. The van der Waals surface area contributed by atoms with Gasteiger partial charge in [0.2, 0.25) is 0 Å². The van der Waals surface area contributed by atoms with Gasteiger partial charge in [-0.05, 0) is 25.1 Å². The summed E-state index contributed by atoms with van der Waals surface area (Å²) in [6.45, 7) is 1.71. The Morgan fingerprint density at radius 1 is 1.29 bits per heavy atom. The SMILES string of the molecule is Cc1c(Oc2ccnc(Nc3cnn(C)n3)c2)cccc1C(=O)O. The molecule has 2 aromatic heterocycles. The third-order valence-corrected chi connectivity index (χ3v) is 3.33. The number of aromatic nitrogens is 4. The number of nitrogens with zero attached hydrogens (tertiary/aromatic N) is 4. The van der Waals surface area contributed by atoms with Crippen molar-refractivity contribution in [1.82, 2.24) is 20.0 Å². The standard InChI is InChI=1S/C16H15N5O3/c1-10-12(16(22)23)4-3-5-13(10)24-11-6-7-17-14(8-11)19-15-9-18-21(2)20-15/h3-9H,1-2H3,(H,22,23)(H,17,19,20). The Morgan fingerprint density at radius 3 is 2.83 bits per heavy atom. The monoisotopic (exact) mass is 325 g/mol. The minimum Gasteiger partial charge on any atom is -0.478 e. The van der Waals surface area contributed by atoms with Crippen molar-refractivity contribution in [2.24, 2.45) is 7.05 Å².